The fraction of sp³-hybridized carbons (Fsp3) is 0.471. The van der Waals surface area contributed by atoms with Crippen molar-refractivity contribution in [1.82, 2.24) is 14.9 Å². The summed E-state index contributed by atoms with van der Waals surface area (Å²) in [7, 11) is 1.71. The van der Waals surface area contributed by atoms with Crippen LogP contribution in [0.1, 0.15) is 30.7 Å². The van der Waals surface area contributed by atoms with E-state index in [1.54, 1.807) is 7.11 Å². The number of rotatable bonds is 7. The molecule has 2 aromatic rings. The summed E-state index contributed by atoms with van der Waals surface area (Å²) in [6.07, 6.45) is 3.98. The third-order valence-corrected chi connectivity index (χ3v) is 3.33. The Morgan fingerprint density at radius 3 is 2.86 bits per heavy atom. The number of methoxy groups -OCH3 is 1. The van der Waals surface area contributed by atoms with Crippen molar-refractivity contribution in [2.75, 3.05) is 13.7 Å². The van der Waals surface area contributed by atoms with Gasteiger partial charge in [-0.15, -0.1) is 0 Å². The van der Waals surface area contributed by atoms with Gasteiger partial charge < -0.3 is 14.6 Å². The molecule has 0 aliphatic carbocycles. The van der Waals surface area contributed by atoms with Gasteiger partial charge in [0.15, 0.2) is 0 Å². The van der Waals surface area contributed by atoms with Gasteiger partial charge in [-0.2, -0.15) is 0 Å². The second kappa shape index (κ2) is 7.27. The largest absolute Gasteiger partial charge is 0.496 e. The van der Waals surface area contributed by atoms with E-state index in [-0.39, 0.29) is 0 Å². The molecule has 0 atom stereocenters. The van der Waals surface area contributed by atoms with Gasteiger partial charge in [-0.05, 0) is 25.5 Å². The van der Waals surface area contributed by atoms with Crippen molar-refractivity contribution < 1.29 is 4.74 Å². The van der Waals surface area contributed by atoms with E-state index >= 15 is 0 Å². The highest BCUT2D eigenvalue weighted by molar-refractivity contribution is 5.37. The van der Waals surface area contributed by atoms with E-state index in [1.165, 1.54) is 11.1 Å². The molecule has 21 heavy (non-hydrogen) atoms. The van der Waals surface area contributed by atoms with E-state index < -0.39 is 0 Å². The van der Waals surface area contributed by atoms with Crippen molar-refractivity contribution in [2.45, 2.75) is 33.9 Å². The van der Waals surface area contributed by atoms with Gasteiger partial charge in [0, 0.05) is 18.3 Å². The molecule has 0 bridgehead atoms. The molecular weight excluding hydrogens is 262 g/mol. The summed E-state index contributed by atoms with van der Waals surface area (Å²) in [5.74, 6) is 1.58. The van der Waals surface area contributed by atoms with Gasteiger partial charge in [0.1, 0.15) is 5.75 Å². The van der Waals surface area contributed by atoms with Gasteiger partial charge in [0.05, 0.1) is 25.7 Å². The Hall–Kier alpha value is -1.81. The number of aromatic nitrogens is 2. The first kappa shape index (κ1) is 15.6. The van der Waals surface area contributed by atoms with E-state index in [1.807, 2.05) is 12.4 Å². The summed E-state index contributed by atoms with van der Waals surface area (Å²) in [6.45, 7) is 9.11. The fourth-order valence-electron chi connectivity index (χ4n) is 2.30. The van der Waals surface area contributed by atoms with Gasteiger partial charge >= 0.3 is 0 Å². The van der Waals surface area contributed by atoms with E-state index in [2.05, 4.69) is 54.0 Å². The fourth-order valence-corrected chi connectivity index (χ4v) is 2.30. The number of nitrogens with zero attached hydrogens (tertiary/aromatic N) is 2. The molecule has 0 radical (unpaired) electrons. The number of hydrogen-bond donors (Lipinski definition) is 1. The highest BCUT2D eigenvalue weighted by Crippen LogP contribution is 2.20. The Labute approximate surface area is 127 Å². The Morgan fingerprint density at radius 2 is 2.14 bits per heavy atom. The van der Waals surface area contributed by atoms with E-state index in [4.69, 9.17) is 4.74 Å². The lowest BCUT2D eigenvalue weighted by atomic mass is 10.1. The SMILES string of the molecule is COc1ccc(C)cc1Cn1cnc(CNCC(C)C)c1. The Balaban J connectivity index is 2.00. The molecule has 0 aliphatic heterocycles. The Kier molecular flexibility index (Phi) is 5.39. The van der Waals surface area contributed by atoms with Crippen LogP contribution in [0.2, 0.25) is 0 Å². The normalized spacial score (nSPS) is 11.1. The van der Waals surface area contributed by atoms with Gasteiger partial charge in [-0.25, -0.2) is 4.98 Å². The van der Waals surface area contributed by atoms with Crippen molar-refractivity contribution in [1.29, 1.82) is 0 Å². The standard InChI is InChI=1S/C17H25N3O/c1-13(2)8-18-9-16-11-20(12-19-16)10-15-7-14(3)5-6-17(15)21-4/h5-7,11-13,18H,8-10H2,1-4H3. The Morgan fingerprint density at radius 1 is 1.33 bits per heavy atom. The Bertz CT molecular complexity index is 575. The molecule has 1 N–H and O–H groups in total. The van der Waals surface area contributed by atoms with Crippen LogP contribution in [0.4, 0.5) is 0 Å². The molecule has 0 unspecified atom stereocenters. The van der Waals surface area contributed by atoms with Crippen molar-refractivity contribution in [3.63, 3.8) is 0 Å². The van der Waals surface area contributed by atoms with Crippen LogP contribution in [0.15, 0.2) is 30.7 Å². The maximum atomic E-state index is 5.42. The van der Waals surface area contributed by atoms with Gasteiger partial charge in [0.2, 0.25) is 0 Å². The summed E-state index contributed by atoms with van der Waals surface area (Å²) in [5.41, 5.74) is 3.49. The van der Waals surface area contributed by atoms with E-state index in [0.717, 1.165) is 31.1 Å². The lowest BCUT2D eigenvalue weighted by Gasteiger charge is -2.10. The third kappa shape index (κ3) is 4.60. The minimum absolute atomic E-state index is 0.656. The molecule has 1 aromatic heterocycles. The molecule has 1 heterocycles. The third-order valence-electron chi connectivity index (χ3n) is 3.33. The number of imidazole rings is 1. The molecule has 0 spiro atoms. The zero-order valence-corrected chi connectivity index (χ0v) is 13.4. The van der Waals surface area contributed by atoms with Crippen LogP contribution in [-0.2, 0) is 13.1 Å². The van der Waals surface area contributed by atoms with Crippen LogP contribution in [0.25, 0.3) is 0 Å². The van der Waals surface area contributed by atoms with Crippen LogP contribution in [0.3, 0.4) is 0 Å². The second-order valence-corrected chi connectivity index (χ2v) is 5.88. The number of ether oxygens (including phenoxy) is 1. The minimum atomic E-state index is 0.656. The first-order valence-corrected chi connectivity index (χ1v) is 7.43. The van der Waals surface area contributed by atoms with E-state index in [0.29, 0.717) is 5.92 Å². The number of nitrogens with one attached hydrogen (secondary N) is 1. The first-order chi connectivity index (χ1) is 10.1. The highest BCUT2D eigenvalue weighted by Gasteiger charge is 2.05. The predicted molar refractivity (Wildman–Crippen MR) is 85.6 cm³/mol. The maximum Gasteiger partial charge on any atom is 0.123 e. The van der Waals surface area contributed by atoms with Crippen LogP contribution in [0, 0.1) is 12.8 Å². The zero-order chi connectivity index (χ0) is 15.2. The van der Waals surface area contributed by atoms with Crippen molar-refractivity contribution in [3.8, 4) is 5.75 Å². The molecule has 114 valence electrons. The second-order valence-electron chi connectivity index (χ2n) is 5.88. The smallest absolute Gasteiger partial charge is 0.123 e. The summed E-state index contributed by atoms with van der Waals surface area (Å²) < 4.78 is 7.53. The molecule has 0 saturated carbocycles. The van der Waals surface area contributed by atoms with Gasteiger partial charge in [0.25, 0.3) is 0 Å². The summed E-state index contributed by atoms with van der Waals surface area (Å²) in [6, 6.07) is 6.25. The van der Waals surface area contributed by atoms with Crippen molar-refractivity contribution in [3.05, 3.63) is 47.5 Å². The van der Waals surface area contributed by atoms with Crippen LogP contribution in [0.5, 0.6) is 5.75 Å². The highest BCUT2D eigenvalue weighted by atomic mass is 16.5. The van der Waals surface area contributed by atoms with E-state index in [9.17, 15) is 0 Å². The molecule has 0 amide bonds. The maximum absolute atomic E-state index is 5.42. The van der Waals surface area contributed by atoms with Crippen molar-refractivity contribution >= 4 is 0 Å². The predicted octanol–water partition coefficient (Wildman–Crippen LogP) is 2.99. The minimum Gasteiger partial charge on any atom is -0.496 e. The summed E-state index contributed by atoms with van der Waals surface area (Å²) in [4.78, 5) is 4.45. The van der Waals surface area contributed by atoms with Gasteiger partial charge in [-0.3, -0.25) is 0 Å². The molecule has 0 fully saturated rings. The number of benzene rings is 1. The molecule has 2 rings (SSSR count). The summed E-state index contributed by atoms with van der Waals surface area (Å²) in [5, 5.41) is 3.41. The van der Waals surface area contributed by atoms with Crippen LogP contribution in [-0.4, -0.2) is 23.2 Å². The topological polar surface area (TPSA) is 39.1 Å². The van der Waals surface area contributed by atoms with Crippen LogP contribution < -0.4 is 10.1 Å². The summed E-state index contributed by atoms with van der Waals surface area (Å²) >= 11 is 0. The van der Waals surface area contributed by atoms with Gasteiger partial charge in [-0.1, -0.05) is 31.5 Å². The van der Waals surface area contributed by atoms with Crippen LogP contribution >= 0.6 is 0 Å². The number of hydrogen-bond acceptors (Lipinski definition) is 3. The molecule has 0 aliphatic rings. The lowest BCUT2D eigenvalue weighted by molar-refractivity contribution is 0.408. The van der Waals surface area contributed by atoms with Crippen molar-refractivity contribution in [2.24, 2.45) is 5.92 Å². The monoisotopic (exact) mass is 287 g/mol. The molecule has 0 saturated heterocycles. The number of aryl methyl sites for hydroxylation is 1. The quantitative estimate of drug-likeness (QED) is 0.851. The average Bonchev–Trinajstić information content (AvgIpc) is 2.86. The first-order valence-electron chi connectivity index (χ1n) is 7.43. The lowest BCUT2D eigenvalue weighted by Crippen LogP contribution is -2.19. The molecule has 4 heteroatoms. The zero-order valence-electron chi connectivity index (χ0n) is 13.4. The molecule has 1 aromatic carbocycles. The average molecular weight is 287 g/mol. The molecule has 4 nitrogen and oxygen atoms in total. The molecular formula is C17H25N3O.